The van der Waals surface area contributed by atoms with Gasteiger partial charge in [0, 0.05) is 6.54 Å². The van der Waals surface area contributed by atoms with Gasteiger partial charge in [-0.25, -0.2) is 4.79 Å². The Hall–Kier alpha value is -1.24. The van der Waals surface area contributed by atoms with Crippen molar-refractivity contribution in [3.05, 3.63) is 0 Å². The molecule has 0 atom stereocenters. The minimum atomic E-state index is -0.404. The first kappa shape index (κ1) is 11.8. The number of nitrogens with zero attached hydrogens (tertiary/aromatic N) is 2. The summed E-state index contributed by atoms with van der Waals surface area (Å²) in [5, 5.41) is 8.45. The monoisotopic (exact) mass is 184 g/mol. The summed E-state index contributed by atoms with van der Waals surface area (Å²) < 4.78 is 4.95. The van der Waals surface area contributed by atoms with Gasteiger partial charge < -0.3 is 4.74 Å². The maximum Gasteiger partial charge on any atom is 0.410 e. The van der Waals surface area contributed by atoms with Crippen LogP contribution in [0.15, 0.2) is 0 Å². The zero-order valence-corrected chi connectivity index (χ0v) is 8.41. The molecule has 4 heteroatoms. The average Bonchev–Trinajstić information content (AvgIpc) is 2.02. The molecule has 0 aliphatic rings. The quantitative estimate of drug-likeness (QED) is 0.625. The minimum absolute atomic E-state index is 0.0966. The number of carbonyl (C=O) groups excluding carboxylic acids is 1. The number of hydrogen-bond acceptors (Lipinski definition) is 3. The van der Waals surface area contributed by atoms with E-state index in [9.17, 15) is 4.79 Å². The summed E-state index contributed by atoms with van der Waals surface area (Å²) in [6.45, 7) is 6.19. The van der Waals surface area contributed by atoms with Crippen molar-refractivity contribution >= 4 is 6.09 Å². The largest absolute Gasteiger partial charge is 0.447 e. The van der Waals surface area contributed by atoms with Gasteiger partial charge in [-0.15, -0.1) is 0 Å². The summed E-state index contributed by atoms with van der Waals surface area (Å²) in [5.41, 5.74) is 0. The molecule has 74 valence electrons. The van der Waals surface area contributed by atoms with Gasteiger partial charge in [-0.3, -0.25) is 4.90 Å². The van der Waals surface area contributed by atoms with Crippen LogP contribution in [-0.2, 0) is 4.74 Å². The zero-order valence-electron chi connectivity index (χ0n) is 8.41. The standard InChI is InChI=1S/C9H16N2O2/c1-4-6-11(7-5-10)9(12)13-8(2)3/h8H,4,6-7H2,1-3H3. The van der Waals surface area contributed by atoms with Crippen LogP contribution in [0.25, 0.3) is 0 Å². The molecule has 0 aromatic carbocycles. The molecule has 0 radical (unpaired) electrons. The van der Waals surface area contributed by atoms with Gasteiger partial charge in [0.15, 0.2) is 0 Å². The van der Waals surface area contributed by atoms with Gasteiger partial charge in [-0.1, -0.05) is 6.92 Å². The molecule has 0 aromatic heterocycles. The molecule has 0 rings (SSSR count). The van der Waals surface area contributed by atoms with Gasteiger partial charge >= 0.3 is 6.09 Å². The normalized spacial score (nSPS) is 9.46. The fraction of sp³-hybridized carbons (Fsp3) is 0.778. The zero-order chi connectivity index (χ0) is 10.3. The molecule has 0 spiro atoms. The Labute approximate surface area is 79.1 Å². The lowest BCUT2D eigenvalue weighted by Crippen LogP contribution is -2.34. The molecule has 13 heavy (non-hydrogen) atoms. The van der Waals surface area contributed by atoms with Gasteiger partial charge in [-0.2, -0.15) is 5.26 Å². The number of carbonyl (C=O) groups is 1. The minimum Gasteiger partial charge on any atom is -0.447 e. The van der Waals surface area contributed by atoms with Crippen LogP contribution >= 0.6 is 0 Å². The average molecular weight is 184 g/mol. The number of hydrogen-bond donors (Lipinski definition) is 0. The van der Waals surface area contributed by atoms with Crippen LogP contribution in [0.1, 0.15) is 27.2 Å². The van der Waals surface area contributed by atoms with E-state index in [1.807, 2.05) is 13.0 Å². The van der Waals surface area contributed by atoms with Crippen LogP contribution in [0.3, 0.4) is 0 Å². The molecule has 0 heterocycles. The van der Waals surface area contributed by atoms with Crippen LogP contribution in [0.2, 0.25) is 0 Å². The molecule has 0 aromatic rings. The number of amides is 1. The van der Waals surface area contributed by atoms with Gasteiger partial charge in [0.1, 0.15) is 6.54 Å². The summed E-state index contributed by atoms with van der Waals surface area (Å²) in [6, 6.07) is 1.93. The lowest BCUT2D eigenvalue weighted by molar-refractivity contribution is 0.0805. The molecule has 4 nitrogen and oxygen atoms in total. The number of rotatable bonds is 4. The first-order valence-electron chi connectivity index (χ1n) is 4.44. The van der Waals surface area contributed by atoms with Crippen molar-refractivity contribution in [3.8, 4) is 6.07 Å². The Morgan fingerprint density at radius 3 is 2.62 bits per heavy atom. The highest BCUT2D eigenvalue weighted by Gasteiger charge is 2.14. The Bertz CT molecular complexity index is 196. The van der Waals surface area contributed by atoms with Crippen LogP contribution in [0, 0.1) is 11.3 Å². The van der Waals surface area contributed by atoms with Crippen molar-refractivity contribution < 1.29 is 9.53 Å². The summed E-state index contributed by atoms with van der Waals surface area (Å²) in [5.74, 6) is 0. The van der Waals surface area contributed by atoms with E-state index < -0.39 is 6.09 Å². The molecule has 0 aliphatic heterocycles. The Morgan fingerprint density at radius 2 is 2.23 bits per heavy atom. The predicted molar refractivity (Wildman–Crippen MR) is 49.1 cm³/mol. The summed E-state index contributed by atoms with van der Waals surface area (Å²) in [6.07, 6.45) is 0.290. The third-order valence-corrected chi connectivity index (χ3v) is 1.35. The van der Waals surface area contributed by atoms with Crippen molar-refractivity contribution in [2.75, 3.05) is 13.1 Å². The van der Waals surface area contributed by atoms with Crippen molar-refractivity contribution in [3.63, 3.8) is 0 Å². The van der Waals surface area contributed by atoms with Crippen LogP contribution in [0.5, 0.6) is 0 Å². The highest BCUT2D eigenvalue weighted by Crippen LogP contribution is 1.98. The lowest BCUT2D eigenvalue weighted by Gasteiger charge is -2.19. The Balaban J connectivity index is 4.04. The van der Waals surface area contributed by atoms with Crippen molar-refractivity contribution in [1.29, 1.82) is 5.26 Å². The van der Waals surface area contributed by atoms with E-state index in [4.69, 9.17) is 10.00 Å². The second kappa shape index (κ2) is 6.30. The van der Waals surface area contributed by atoms with E-state index in [0.717, 1.165) is 6.42 Å². The Kier molecular flexibility index (Phi) is 5.69. The van der Waals surface area contributed by atoms with E-state index in [2.05, 4.69) is 0 Å². The summed E-state index contributed by atoms with van der Waals surface area (Å²) in [4.78, 5) is 12.7. The molecule has 0 aliphatic carbocycles. The third-order valence-electron chi connectivity index (χ3n) is 1.35. The lowest BCUT2D eigenvalue weighted by atomic mass is 10.4. The molecule has 0 unspecified atom stereocenters. The molecule has 0 fully saturated rings. The predicted octanol–water partition coefficient (Wildman–Crippen LogP) is 1.77. The highest BCUT2D eigenvalue weighted by molar-refractivity contribution is 5.68. The van der Waals surface area contributed by atoms with Gasteiger partial charge in [0.2, 0.25) is 0 Å². The van der Waals surface area contributed by atoms with Crippen molar-refractivity contribution in [2.24, 2.45) is 0 Å². The maximum absolute atomic E-state index is 11.3. The fourth-order valence-electron chi connectivity index (χ4n) is 0.866. The van der Waals surface area contributed by atoms with E-state index in [1.165, 1.54) is 4.90 Å². The summed E-state index contributed by atoms with van der Waals surface area (Å²) in [7, 11) is 0. The van der Waals surface area contributed by atoms with E-state index in [1.54, 1.807) is 13.8 Å². The van der Waals surface area contributed by atoms with Crippen molar-refractivity contribution in [1.82, 2.24) is 4.90 Å². The highest BCUT2D eigenvalue weighted by atomic mass is 16.6. The van der Waals surface area contributed by atoms with Crippen LogP contribution in [0.4, 0.5) is 4.79 Å². The van der Waals surface area contributed by atoms with Gasteiger partial charge in [0.25, 0.3) is 0 Å². The fourth-order valence-corrected chi connectivity index (χ4v) is 0.866. The smallest absolute Gasteiger partial charge is 0.410 e. The Morgan fingerprint density at radius 1 is 1.62 bits per heavy atom. The first-order chi connectivity index (χ1) is 6.11. The van der Waals surface area contributed by atoms with Crippen LogP contribution in [-0.4, -0.2) is 30.2 Å². The summed E-state index contributed by atoms with van der Waals surface area (Å²) >= 11 is 0. The maximum atomic E-state index is 11.3. The molecular weight excluding hydrogens is 168 g/mol. The third kappa shape index (κ3) is 5.07. The molecule has 1 amide bonds. The molecule has 0 bridgehead atoms. The molecule has 0 N–H and O–H groups in total. The second-order valence-electron chi connectivity index (χ2n) is 3.01. The molecular formula is C9H16N2O2. The topological polar surface area (TPSA) is 53.3 Å². The first-order valence-corrected chi connectivity index (χ1v) is 4.44. The SMILES string of the molecule is CCCN(CC#N)C(=O)OC(C)C. The molecule has 0 saturated heterocycles. The van der Waals surface area contributed by atoms with E-state index in [0.29, 0.717) is 6.54 Å². The van der Waals surface area contributed by atoms with Gasteiger partial charge in [0.05, 0.1) is 12.2 Å². The van der Waals surface area contributed by atoms with E-state index >= 15 is 0 Å². The number of ether oxygens (including phenoxy) is 1. The van der Waals surface area contributed by atoms with Crippen LogP contribution < -0.4 is 0 Å². The molecule has 0 saturated carbocycles. The van der Waals surface area contributed by atoms with Gasteiger partial charge in [-0.05, 0) is 20.3 Å². The van der Waals surface area contributed by atoms with E-state index in [-0.39, 0.29) is 12.6 Å². The number of nitriles is 1. The van der Waals surface area contributed by atoms with Crippen molar-refractivity contribution in [2.45, 2.75) is 33.3 Å². The second-order valence-corrected chi connectivity index (χ2v) is 3.01.